The van der Waals surface area contributed by atoms with Crippen LogP contribution in [0.3, 0.4) is 0 Å². The average Bonchev–Trinajstić information content (AvgIpc) is 2.85. The van der Waals surface area contributed by atoms with Crippen molar-refractivity contribution in [2.75, 3.05) is 18.0 Å². The second-order valence-electron chi connectivity index (χ2n) is 11.3. The number of hydrogen-bond donors (Lipinski definition) is 1. The zero-order valence-corrected chi connectivity index (χ0v) is 20.7. The zero-order chi connectivity index (χ0) is 23.9. The Hall–Kier alpha value is -2.75. The molecule has 180 valence electrons. The van der Waals surface area contributed by atoms with Crippen molar-refractivity contribution in [2.45, 2.75) is 58.5 Å². The third-order valence-corrected chi connectivity index (χ3v) is 9.30. The van der Waals surface area contributed by atoms with E-state index in [4.69, 9.17) is 0 Å². The molecule has 2 bridgehead atoms. The summed E-state index contributed by atoms with van der Waals surface area (Å²) in [5.41, 5.74) is 3.24. The van der Waals surface area contributed by atoms with E-state index in [2.05, 4.69) is 73.2 Å². The minimum absolute atomic E-state index is 0.351. The molecule has 0 unspecified atom stereocenters. The van der Waals surface area contributed by atoms with E-state index in [9.17, 15) is 9.90 Å². The lowest BCUT2D eigenvalue weighted by Crippen LogP contribution is -2.61. The molecule has 34 heavy (non-hydrogen) atoms. The van der Waals surface area contributed by atoms with Crippen molar-refractivity contribution in [2.24, 2.45) is 23.2 Å². The van der Waals surface area contributed by atoms with Gasteiger partial charge < -0.3 is 14.9 Å². The van der Waals surface area contributed by atoms with Crippen LogP contribution >= 0.6 is 0 Å². The first-order valence-electron chi connectivity index (χ1n) is 12.9. The molecule has 1 heterocycles. The number of nitrogens with zero attached hydrogens (tertiary/aromatic N) is 2. The fourth-order valence-corrected chi connectivity index (χ4v) is 6.99. The number of fused-ring (bicyclic) bond motifs is 2. The monoisotopic (exact) mass is 458 g/mol. The van der Waals surface area contributed by atoms with Crippen molar-refractivity contribution in [1.82, 2.24) is 4.90 Å². The molecule has 2 aromatic rings. The quantitative estimate of drug-likeness (QED) is 0.544. The van der Waals surface area contributed by atoms with Crippen LogP contribution in [0.5, 0.6) is 0 Å². The van der Waals surface area contributed by atoms with E-state index in [-0.39, 0.29) is 0 Å². The molecular weight excluding hydrogens is 420 g/mol. The largest absolute Gasteiger partial charge is 0.478 e. The van der Waals surface area contributed by atoms with Crippen molar-refractivity contribution >= 4 is 17.7 Å². The summed E-state index contributed by atoms with van der Waals surface area (Å²) in [5.74, 6) is 1.52. The van der Waals surface area contributed by atoms with Gasteiger partial charge in [-0.2, -0.15) is 0 Å². The Morgan fingerprint density at radius 1 is 1.03 bits per heavy atom. The number of benzene rings is 2. The number of carboxylic acid groups (broad SMARTS) is 1. The van der Waals surface area contributed by atoms with Gasteiger partial charge in [0.2, 0.25) is 0 Å². The number of carboxylic acids is 1. The summed E-state index contributed by atoms with van der Waals surface area (Å²) in [6.07, 6.45) is 9.67. The molecule has 0 aromatic heterocycles. The molecule has 4 atom stereocenters. The van der Waals surface area contributed by atoms with E-state index in [1.165, 1.54) is 18.4 Å². The van der Waals surface area contributed by atoms with Crippen LogP contribution in [0, 0.1) is 23.2 Å². The Balaban J connectivity index is 1.32. The first-order chi connectivity index (χ1) is 16.3. The van der Waals surface area contributed by atoms with E-state index in [0.29, 0.717) is 29.0 Å². The Bertz CT molecular complexity index is 1020. The van der Waals surface area contributed by atoms with Gasteiger partial charge in [-0.15, -0.1) is 0 Å². The molecule has 1 aliphatic heterocycles. The molecule has 6 rings (SSSR count). The van der Waals surface area contributed by atoms with Crippen LogP contribution in [-0.4, -0.2) is 41.1 Å². The van der Waals surface area contributed by atoms with Crippen LogP contribution in [0.25, 0.3) is 6.08 Å². The molecule has 0 amide bonds. The molecule has 4 nitrogen and oxygen atoms in total. The number of rotatable bonds is 6. The van der Waals surface area contributed by atoms with Gasteiger partial charge >= 0.3 is 5.97 Å². The summed E-state index contributed by atoms with van der Waals surface area (Å²) in [6.45, 7) is 9.47. The predicted octanol–water partition coefficient (Wildman–Crippen LogP) is 6.40. The topological polar surface area (TPSA) is 43.8 Å². The van der Waals surface area contributed by atoms with E-state index in [0.717, 1.165) is 43.5 Å². The van der Waals surface area contributed by atoms with E-state index >= 15 is 0 Å². The van der Waals surface area contributed by atoms with Crippen molar-refractivity contribution in [3.8, 4) is 0 Å². The third-order valence-electron chi connectivity index (χ3n) is 9.30. The van der Waals surface area contributed by atoms with Crippen molar-refractivity contribution < 1.29 is 9.90 Å². The lowest BCUT2D eigenvalue weighted by Gasteiger charge is -2.64. The van der Waals surface area contributed by atoms with Crippen LogP contribution in [0.1, 0.15) is 62.4 Å². The van der Waals surface area contributed by atoms with Crippen molar-refractivity contribution in [3.05, 3.63) is 71.9 Å². The van der Waals surface area contributed by atoms with E-state index in [1.54, 1.807) is 12.1 Å². The molecule has 4 aliphatic rings. The molecule has 1 saturated heterocycles. The first kappa shape index (κ1) is 23.0. The van der Waals surface area contributed by atoms with E-state index < -0.39 is 5.97 Å². The Kier molecular flexibility index (Phi) is 6.18. The summed E-state index contributed by atoms with van der Waals surface area (Å²) >= 11 is 0. The Morgan fingerprint density at radius 3 is 2.29 bits per heavy atom. The SMILES string of the molecule is C[C@@H]1[C@@H](N(C=Cc2ccccc2)C2CCN(c3ccc(C(=O)O)cc3)CC2)C[C@H]2C[C@@H]1C2(C)C. The van der Waals surface area contributed by atoms with Crippen molar-refractivity contribution in [3.63, 3.8) is 0 Å². The molecule has 4 fully saturated rings. The highest BCUT2D eigenvalue weighted by Gasteiger charge is 2.57. The number of piperidine rings is 1. The van der Waals surface area contributed by atoms with Gasteiger partial charge in [0, 0.05) is 37.1 Å². The smallest absolute Gasteiger partial charge is 0.335 e. The van der Waals surface area contributed by atoms with Gasteiger partial charge in [-0.25, -0.2) is 4.79 Å². The maximum absolute atomic E-state index is 11.2. The average molecular weight is 459 g/mol. The minimum atomic E-state index is -0.867. The van der Waals surface area contributed by atoms with Crippen LogP contribution in [-0.2, 0) is 0 Å². The predicted molar refractivity (Wildman–Crippen MR) is 139 cm³/mol. The van der Waals surface area contributed by atoms with E-state index in [1.807, 2.05) is 12.1 Å². The lowest BCUT2D eigenvalue weighted by atomic mass is 9.44. The maximum atomic E-state index is 11.2. The van der Waals surface area contributed by atoms with Crippen LogP contribution < -0.4 is 4.90 Å². The van der Waals surface area contributed by atoms with Gasteiger partial charge in [-0.3, -0.25) is 0 Å². The van der Waals surface area contributed by atoms with Gasteiger partial charge in [-0.1, -0.05) is 51.1 Å². The van der Waals surface area contributed by atoms with Crippen LogP contribution in [0.4, 0.5) is 5.69 Å². The number of anilines is 1. The van der Waals surface area contributed by atoms with Gasteiger partial charge in [-0.05, 0) is 84.8 Å². The van der Waals surface area contributed by atoms with Gasteiger partial charge in [0.25, 0.3) is 0 Å². The molecule has 4 heteroatoms. The standard InChI is InChI=1S/C30H38N2O2/c1-21-27-19-24(30(27,2)3)20-28(21)32(18-13-22-7-5-4-6-8-22)26-14-16-31(17-15-26)25-11-9-23(10-12-25)29(33)34/h4-13,18,21,24,26-28H,14-17,19-20H2,1-3H3,(H,33,34)/t21-,24+,27-,28-/m0/s1. The molecule has 0 spiro atoms. The Labute approximate surface area is 204 Å². The van der Waals surface area contributed by atoms with Gasteiger partial charge in [0.1, 0.15) is 0 Å². The fourth-order valence-electron chi connectivity index (χ4n) is 6.99. The highest BCUT2D eigenvalue weighted by atomic mass is 16.4. The van der Waals surface area contributed by atoms with Crippen molar-refractivity contribution in [1.29, 1.82) is 0 Å². The second kappa shape index (κ2) is 9.13. The molecule has 3 saturated carbocycles. The molecule has 3 aliphatic carbocycles. The highest BCUT2D eigenvalue weighted by Crippen LogP contribution is 2.62. The summed E-state index contributed by atoms with van der Waals surface area (Å²) in [4.78, 5) is 16.3. The first-order valence-corrected chi connectivity index (χ1v) is 12.9. The molecule has 0 radical (unpaired) electrons. The molecule has 1 N–H and O–H groups in total. The number of aromatic carboxylic acids is 1. The number of hydrogen-bond acceptors (Lipinski definition) is 3. The Morgan fingerprint density at radius 2 is 1.71 bits per heavy atom. The lowest BCUT2D eigenvalue weighted by molar-refractivity contribution is -0.137. The van der Waals surface area contributed by atoms with Gasteiger partial charge in [0.15, 0.2) is 0 Å². The summed E-state index contributed by atoms with van der Waals surface area (Å²) < 4.78 is 0. The fraction of sp³-hybridized carbons (Fsp3) is 0.500. The highest BCUT2D eigenvalue weighted by molar-refractivity contribution is 5.88. The zero-order valence-electron chi connectivity index (χ0n) is 20.7. The summed E-state index contributed by atoms with van der Waals surface area (Å²) in [5, 5.41) is 9.19. The minimum Gasteiger partial charge on any atom is -0.478 e. The van der Waals surface area contributed by atoms with Crippen LogP contribution in [0.15, 0.2) is 60.8 Å². The summed E-state index contributed by atoms with van der Waals surface area (Å²) in [7, 11) is 0. The second-order valence-corrected chi connectivity index (χ2v) is 11.3. The van der Waals surface area contributed by atoms with Crippen LogP contribution in [0.2, 0.25) is 0 Å². The molecule has 2 aromatic carbocycles. The molecular formula is C30H38N2O2. The van der Waals surface area contributed by atoms with Gasteiger partial charge in [0.05, 0.1) is 5.56 Å². The summed E-state index contributed by atoms with van der Waals surface area (Å²) in [6, 6.07) is 19.2. The maximum Gasteiger partial charge on any atom is 0.335 e. The third kappa shape index (κ3) is 4.23. The normalized spacial score (nSPS) is 28.5. The number of carbonyl (C=O) groups is 1.